The fraction of sp³-hybridized carbons (Fsp3) is 0.750. The van der Waals surface area contributed by atoms with Crippen LogP contribution in [0.25, 0.3) is 0 Å². The molecule has 0 fully saturated rings. The minimum atomic E-state index is -0.887. The Labute approximate surface area is 77.3 Å². The monoisotopic (exact) mass is 189 g/mol. The summed E-state index contributed by atoms with van der Waals surface area (Å²) >= 11 is 0. The van der Waals surface area contributed by atoms with Crippen LogP contribution in [0.15, 0.2) is 0 Å². The molecule has 0 aliphatic carbocycles. The predicted molar refractivity (Wildman–Crippen MR) is 46.0 cm³/mol. The highest BCUT2D eigenvalue weighted by Gasteiger charge is 2.20. The van der Waals surface area contributed by atoms with Crippen LogP contribution in [0.1, 0.15) is 13.3 Å². The normalized spacial score (nSPS) is 9.46. The van der Waals surface area contributed by atoms with E-state index in [9.17, 15) is 9.59 Å². The largest absolute Gasteiger partial charge is 0.462 e. The number of carbonyl (C=O) groups excluding carboxylic acids is 2. The van der Waals surface area contributed by atoms with Crippen molar-refractivity contribution in [3.05, 3.63) is 0 Å². The SMILES string of the molecule is CCCN(CCO)C(=O)C(=O)OC. The molecule has 0 bridgehead atoms. The molecule has 76 valence electrons. The van der Waals surface area contributed by atoms with Gasteiger partial charge in [-0.3, -0.25) is 4.79 Å². The number of esters is 1. The second-order valence-corrected chi connectivity index (χ2v) is 2.51. The number of hydrogen-bond donors (Lipinski definition) is 1. The van der Waals surface area contributed by atoms with Crippen LogP contribution in [-0.2, 0) is 14.3 Å². The lowest BCUT2D eigenvalue weighted by atomic mass is 10.4. The maximum absolute atomic E-state index is 11.2. The number of ether oxygens (including phenoxy) is 1. The Morgan fingerprint density at radius 2 is 2.00 bits per heavy atom. The van der Waals surface area contributed by atoms with E-state index >= 15 is 0 Å². The van der Waals surface area contributed by atoms with Gasteiger partial charge < -0.3 is 14.7 Å². The van der Waals surface area contributed by atoms with Crippen LogP contribution in [0.3, 0.4) is 0 Å². The summed E-state index contributed by atoms with van der Waals surface area (Å²) in [6.45, 7) is 2.36. The Hall–Kier alpha value is -1.10. The third-order valence-electron chi connectivity index (χ3n) is 1.51. The van der Waals surface area contributed by atoms with Gasteiger partial charge in [0, 0.05) is 13.1 Å². The lowest BCUT2D eigenvalue weighted by Gasteiger charge is -2.18. The topological polar surface area (TPSA) is 66.8 Å². The van der Waals surface area contributed by atoms with E-state index in [0.717, 1.165) is 13.5 Å². The van der Waals surface area contributed by atoms with Crippen LogP contribution in [0.4, 0.5) is 0 Å². The molecule has 0 aromatic carbocycles. The van der Waals surface area contributed by atoms with Crippen molar-refractivity contribution in [2.24, 2.45) is 0 Å². The van der Waals surface area contributed by atoms with Crippen LogP contribution < -0.4 is 0 Å². The Morgan fingerprint density at radius 3 is 2.38 bits per heavy atom. The molecule has 0 aliphatic heterocycles. The van der Waals surface area contributed by atoms with E-state index in [4.69, 9.17) is 5.11 Å². The van der Waals surface area contributed by atoms with Gasteiger partial charge in [-0.2, -0.15) is 0 Å². The maximum Gasteiger partial charge on any atom is 0.396 e. The quantitative estimate of drug-likeness (QED) is 0.473. The van der Waals surface area contributed by atoms with Crippen molar-refractivity contribution in [2.75, 3.05) is 26.8 Å². The number of aliphatic hydroxyl groups is 1. The molecule has 0 radical (unpaired) electrons. The molecular formula is C8H15NO4. The number of amides is 1. The van der Waals surface area contributed by atoms with Gasteiger partial charge in [-0.25, -0.2) is 4.79 Å². The summed E-state index contributed by atoms with van der Waals surface area (Å²) in [5.41, 5.74) is 0. The van der Waals surface area contributed by atoms with Gasteiger partial charge in [0.2, 0.25) is 0 Å². The minimum absolute atomic E-state index is 0.150. The van der Waals surface area contributed by atoms with Gasteiger partial charge in [-0.05, 0) is 6.42 Å². The van der Waals surface area contributed by atoms with E-state index in [1.165, 1.54) is 4.90 Å². The predicted octanol–water partition coefficient (Wildman–Crippen LogP) is -0.610. The first-order valence-corrected chi connectivity index (χ1v) is 4.15. The summed E-state index contributed by atoms with van der Waals surface area (Å²) in [6, 6.07) is 0. The van der Waals surface area contributed by atoms with Crippen LogP contribution >= 0.6 is 0 Å². The number of aliphatic hydroxyl groups excluding tert-OH is 1. The first-order valence-electron chi connectivity index (χ1n) is 4.15. The van der Waals surface area contributed by atoms with E-state index in [2.05, 4.69) is 4.74 Å². The number of methoxy groups -OCH3 is 1. The van der Waals surface area contributed by atoms with Gasteiger partial charge in [-0.1, -0.05) is 6.92 Å². The van der Waals surface area contributed by atoms with Crippen molar-refractivity contribution in [3.8, 4) is 0 Å². The van der Waals surface area contributed by atoms with E-state index in [1.54, 1.807) is 0 Å². The molecule has 5 heteroatoms. The van der Waals surface area contributed by atoms with Crippen LogP contribution in [-0.4, -0.2) is 48.7 Å². The highest BCUT2D eigenvalue weighted by molar-refractivity contribution is 6.32. The van der Waals surface area contributed by atoms with Gasteiger partial charge >= 0.3 is 11.9 Å². The summed E-state index contributed by atoms with van der Waals surface area (Å²) < 4.78 is 4.27. The Bertz CT molecular complexity index is 175. The molecule has 0 unspecified atom stereocenters. The molecule has 0 saturated carbocycles. The lowest BCUT2D eigenvalue weighted by molar-refractivity contribution is -0.158. The maximum atomic E-state index is 11.2. The smallest absolute Gasteiger partial charge is 0.396 e. The van der Waals surface area contributed by atoms with Crippen LogP contribution in [0, 0.1) is 0 Å². The van der Waals surface area contributed by atoms with Gasteiger partial charge in [0.25, 0.3) is 0 Å². The lowest BCUT2D eigenvalue weighted by Crippen LogP contribution is -2.39. The fourth-order valence-electron chi connectivity index (χ4n) is 0.922. The first kappa shape index (κ1) is 11.9. The number of rotatable bonds is 4. The second kappa shape index (κ2) is 6.42. The fourth-order valence-corrected chi connectivity index (χ4v) is 0.922. The number of nitrogens with zero attached hydrogens (tertiary/aromatic N) is 1. The van der Waals surface area contributed by atoms with Crippen molar-refractivity contribution < 1.29 is 19.4 Å². The van der Waals surface area contributed by atoms with Crippen molar-refractivity contribution in [2.45, 2.75) is 13.3 Å². The minimum Gasteiger partial charge on any atom is -0.462 e. The number of hydrogen-bond acceptors (Lipinski definition) is 4. The molecule has 0 spiro atoms. The van der Waals surface area contributed by atoms with Gasteiger partial charge in [-0.15, -0.1) is 0 Å². The second-order valence-electron chi connectivity index (χ2n) is 2.51. The average molecular weight is 189 g/mol. The van der Waals surface area contributed by atoms with Crippen molar-refractivity contribution in [1.29, 1.82) is 0 Å². The third kappa shape index (κ3) is 3.89. The van der Waals surface area contributed by atoms with Crippen LogP contribution in [0.5, 0.6) is 0 Å². The molecule has 0 aliphatic rings. The molecule has 5 nitrogen and oxygen atoms in total. The molecule has 0 aromatic rings. The highest BCUT2D eigenvalue weighted by atomic mass is 16.5. The van der Waals surface area contributed by atoms with E-state index in [-0.39, 0.29) is 13.2 Å². The molecule has 0 aromatic heterocycles. The molecule has 1 N–H and O–H groups in total. The Kier molecular flexibility index (Phi) is 5.88. The summed E-state index contributed by atoms with van der Waals surface area (Å²) in [5, 5.41) is 8.62. The molecular weight excluding hydrogens is 174 g/mol. The molecule has 13 heavy (non-hydrogen) atoms. The van der Waals surface area contributed by atoms with E-state index in [1.807, 2.05) is 6.92 Å². The van der Waals surface area contributed by atoms with Crippen molar-refractivity contribution >= 4 is 11.9 Å². The molecule has 0 atom stereocenters. The van der Waals surface area contributed by atoms with Crippen LogP contribution in [0.2, 0.25) is 0 Å². The number of carbonyl (C=O) groups is 2. The zero-order valence-corrected chi connectivity index (χ0v) is 7.95. The zero-order valence-electron chi connectivity index (χ0n) is 7.95. The van der Waals surface area contributed by atoms with Gasteiger partial charge in [0.1, 0.15) is 0 Å². The van der Waals surface area contributed by atoms with Crippen molar-refractivity contribution in [3.63, 3.8) is 0 Å². The average Bonchev–Trinajstić information content (AvgIpc) is 2.15. The van der Waals surface area contributed by atoms with Crippen molar-refractivity contribution in [1.82, 2.24) is 4.90 Å². The molecule has 0 saturated heterocycles. The first-order chi connectivity index (χ1) is 6.17. The molecule has 0 rings (SSSR count). The van der Waals surface area contributed by atoms with E-state index < -0.39 is 11.9 Å². The standard InChI is InChI=1S/C8H15NO4/c1-3-4-9(5-6-10)7(11)8(12)13-2/h10H,3-6H2,1-2H3. The van der Waals surface area contributed by atoms with E-state index in [0.29, 0.717) is 6.54 Å². The zero-order chi connectivity index (χ0) is 10.3. The highest BCUT2D eigenvalue weighted by Crippen LogP contribution is 1.93. The third-order valence-corrected chi connectivity index (χ3v) is 1.51. The van der Waals surface area contributed by atoms with Gasteiger partial charge in [0.05, 0.1) is 13.7 Å². The summed E-state index contributed by atoms with van der Waals surface area (Å²) in [6.07, 6.45) is 0.739. The summed E-state index contributed by atoms with van der Waals surface area (Å²) in [4.78, 5) is 23.3. The van der Waals surface area contributed by atoms with Gasteiger partial charge in [0.15, 0.2) is 0 Å². The summed E-state index contributed by atoms with van der Waals surface area (Å²) in [7, 11) is 1.16. The summed E-state index contributed by atoms with van der Waals surface area (Å²) in [5.74, 6) is -1.58. The molecule has 0 heterocycles. The Morgan fingerprint density at radius 1 is 1.38 bits per heavy atom. The Balaban J connectivity index is 4.18. The molecule has 1 amide bonds.